The minimum atomic E-state index is -0.553. The minimum absolute atomic E-state index is 0.501. The van der Waals surface area contributed by atoms with Crippen LogP contribution in [-0.2, 0) is 0 Å². The van der Waals surface area contributed by atoms with E-state index in [0.717, 1.165) is 37.2 Å². The monoisotopic (exact) mass is 269 g/mol. The van der Waals surface area contributed by atoms with Crippen LogP contribution in [0, 0.1) is 0 Å². The summed E-state index contributed by atoms with van der Waals surface area (Å²) < 4.78 is 0. The molecule has 0 saturated carbocycles. The Morgan fingerprint density at radius 3 is 2.44 bits per heavy atom. The zero-order valence-corrected chi connectivity index (χ0v) is 11.6. The molecule has 0 aromatic heterocycles. The smallest absolute Gasteiger partial charge is 0.0762 e. The first kappa shape index (κ1) is 13.7. The van der Waals surface area contributed by atoms with Gasteiger partial charge in [0.05, 0.1) is 22.4 Å². The number of halogens is 1. The molecule has 0 spiro atoms. The third-order valence-electron chi connectivity index (χ3n) is 3.64. The van der Waals surface area contributed by atoms with Gasteiger partial charge in [-0.1, -0.05) is 17.7 Å². The zero-order chi connectivity index (χ0) is 13.3. The first-order valence-electron chi connectivity index (χ1n) is 6.34. The van der Waals surface area contributed by atoms with Crippen molar-refractivity contribution in [1.82, 2.24) is 0 Å². The maximum Gasteiger partial charge on any atom is 0.0762 e. The van der Waals surface area contributed by atoms with Crippen molar-refractivity contribution in [2.24, 2.45) is 0 Å². The van der Waals surface area contributed by atoms with Gasteiger partial charge in [0.2, 0.25) is 0 Å². The van der Waals surface area contributed by atoms with Gasteiger partial charge in [-0.15, -0.1) is 0 Å². The first-order valence-corrected chi connectivity index (χ1v) is 6.72. The van der Waals surface area contributed by atoms with Crippen LogP contribution in [0.5, 0.6) is 0 Å². The lowest BCUT2D eigenvalue weighted by Crippen LogP contribution is -2.42. The molecule has 2 N–H and O–H groups in total. The fourth-order valence-electron chi connectivity index (χ4n) is 2.27. The molecule has 0 aliphatic carbocycles. The van der Waals surface area contributed by atoms with Crippen LogP contribution < -0.4 is 4.90 Å². The summed E-state index contributed by atoms with van der Waals surface area (Å²) in [5.74, 6) is 0. The van der Waals surface area contributed by atoms with Gasteiger partial charge in [0.25, 0.3) is 0 Å². The van der Waals surface area contributed by atoms with Crippen molar-refractivity contribution in [1.29, 1.82) is 0 Å². The summed E-state index contributed by atoms with van der Waals surface area (Å²) >= 11 is 6.26. The Bertz CT molecular complexity index is 422. The van der Waals surface area contributed by atoms with Gasteiger partial charge in [-0.25, -0.2) is 0 Å². The molecule has 18 heavy (non-hydrogen) atoms. The Morgan fingerprint density at radius 1 is 1.33 bits per heavy atom. The molecular formula is C14H20ClNO2. The molecule has 2 rings (SSSR count). The van der Waals surface area contributed by atoms with E-state index in [1.54, 1.807) is 6.92 Å². The molecule has 100 valence electrons. The lowest BCUT2D eigenvalue weighted by Gasteiger charge is -2.37. The fourth-order valence-corrected chi connectivity index (χ4v) is 2.58. The number of nitrogens with zero attached hydrogens (tertiary/aromatic N) is 1. The quantitative estimate of drug-likeness (QED) is 0.868. The number of rotatable bonds is 2. The average molecular weight is 270 g/mol. The van der Waals surface area contributed by atoms with Crippen molar-refractivity contribution in [2.75, 3.05) is 18.0 Å². The number of aliphatic hydroxyl groups excluding tert-OH is 1. The molecule has 1 saturated heterocycles. The van der Waals surface area contributed by atoms with Crippen molar-refractivity contribution in [2.45, 2.75) is 38.4 Å². The van der Waals surface area contributed by atoms with Gasteiger partial charge in [0.15, 0.2) is 0 Å². The van der Waals surface area contributed by atoms with Crippen molar-refractivity contribution in [3.8, 4) is 0 Å². The number of anilines is 1. The second kappa shape index (κ2) is 5.08. The van der Waals surface area contributed by atoms with Crippen LogP contribution >= 0.6 is 11.6 Å². The topological polar surface area (TPSA) is 43.7 Å². The highest BCUT2D eigenvalue weighted by Crippen LogP contribution is 2.32. The van der Waals surface area contributed by atoms with Gasteiger partial charge in [0, 0.05) is 13.1 Å². The van der Waals surface area contributed by atoms with Crippen LogP contribution in [-0.4, -0.2) is 28.9 Å². The third-order valence-corrected chi connectivity index (χ3v) is 3.94. The van der Waals surface area contributed by atoms with E-state index in [4.69, 9.17) is 11.6 Å². The van der Waals surface area contributed by atoms with Gasteiger partial charge in [-0.3, -0.25) is 0 Å². The number of aliphatic hydroxyl groups is 2. The second-order valence-electron chi connectivity index (χ2n) is 5.37. The van der Waals surface area contributed by atoms with Gasteiger partial charge in [-0.05, 0) is 44.4 Å². The van der Waals surface area contributed by atoms with Crippen molar-refractivity contribution in [3.63, 3.8) is 0 Å². The van der Waals surface area contributed by atoms with Crippen LogP contribution in [0.1, 0.15) is 38.4 Å². The van der Waals surface area contributed by atoms with E-state index in [9.17, 15) is 10.2 Å². The Kier molecular flexibility index (Phi) is 3.85. The van der Waals surface area contributed by atoms with Crippen molar-refractivity contribution in [3.05, 3.63) is 28.8 Å². The first-order chi connectivity index (χ1) is 8.39. The van der Waals surface area contributed by atoms with E-state index in [1.165, 1.54) is 0 Å². The van der Waals surface area contributed by atoms with E-state index in [0.29, 0.717) is 5.02 Å². The SMILES string of the molecule is CC(O)c1ccc(N2CCC(C)(O)CC2)c(Cl)c1. The lowest BCUT2D eigenvalue weighted by atomic mass is 9.93. The van der Waals surface area contributed by atoms with Crippen molar-refractivity contribution >= 4 is 17.3 Å². The van der Waals surface area contributed by atoms with Crippen LogP contribution in [0.25, 0.3) is 0 Å². The molecular weight excluding hydrogens is 250 g/mol. The summed E-state index contributed by atoms with van der Waals surface area (Å²) in [5, 5.41) is 20.1. The van der Waals surface area contributed by atoms with Crippen LogP contribution in [0.2, 0.25) is 5.02 Å². The van der Waals surface area contributed by atoms with Gasteiger partial charge < -0.3 is 15.1 Å². The molecule has 1 unspecified atom stereocenters. The van der Waals surface area contributed by atoms with E-state index in [-0.39, 0.29) is 0 Å². The number of hydrogen-bond acceptors (Lipinski definition) is 3. The number of piperidine rings is 1. The Balaban J connectivity index is 2.15. The maximum atomic E-state index is 9.93. The van der Waals surface area contributed by atoms with E-state index >= 15 is 0 Å². The van der Waals surface area contributed by atoms with Crippen LogP contribution in [0.4, 0.5) is 5.69 Å². The molecule has 1 aromatic carbocycles. The summed E-state index contributed by atoms with van der Waals surface area (Å²) in [7, 11) is 0. The number of benzene rings is 1. The summed E-state index contributed by atoms with van der Waals surface area (Å²) in [6.45, 7) is 5.22. The fraction of sp³-hybridized carbons (Fsp3) is 0.571. The molecule has 4 heteroatoms. The molecule has 1 aliphatic rings. The highest BCUT2D eigenvalue weighted by molar-refractivity contribution is 6.33. The lowest BCUT2D eigenvalue weighted by molar-refractivity contribution is 0.0351. The molecule has 1 fully saturated rings. The summed E-state index contributed by atoms with van der Waals surface area (Å²) in [4.78, 5) is 2.19. The van der Waals surface area contributed by atoms with Crippen LogP contribution in [0.3, 0.4) is 0 Å². The van der Waals surface area contributed by atoms with Gasteiger partial charge >= 0.3 is 0 Å². The molecule has 1 aliphatic heterocycles. The molecule has 0 radical (unpaired) electrons. The summed E-state index contributed by atoms with van der Waals surface area (Å²) in [6.07, 6.45) is 1.00. The van der Waals surface area contributed by atoms with Crippen LogP contribution in [0.15, 0.2) is 18.2 Å². The Morgan fingerprint density at radius 2 is 1.94 bits per heavy atom. The highest BCUT2D eigenvalue weighted by atomic mass is 35.5. The Hall–Kier alpha value is -0.770. The van der Waals surface area contributed by atoms with E-state index in [2.05, 4.69) is 4.90 Å². The number of hydrogen-bond donors (Lipinski definition) is 2. The predicted octanol–water partition coefficient (Wildman–Crippen LogP) is 2.74. The molecule has 1 aromatic rings. The van der Waals surface area contributed by atoms with Gasteiger partial charge in [-0.2, -0.15) is 0 Å². The standard InChI is InChI=1S/C14H20ClNO2/c1-10(17)11-3-4-13(12(15)9-11)16-7-5-14(2,18)6-8-16/h3-4,9-10,17-18H,5-8H2,1-2H3. The maximum absolute atomic E-state index is 9.93. The third kappa shape index (κ3) is 2.97. The molecule has 0 bridgehead atoms. The normalized spacial score (nSPS) is 20.8. The minimum Gasteiger partial charge on any atom is -0.390 e. The average Bonchev–Trinajstić information content (AvgIpc) is 2.29. The van der Waals surface area contributed by atoms with Gasteiger partial charge in [0.1, 0.15) is 0 Å². The van der Waals surface area contributed by atoms with Crippen molar-refractivity contribution < 1.29 is 10.2 Å². The second-order valence-corrected chi connectivity index (χ2v) is 5.78. The summed E-state index contributed by atoms with van der Waals surface area (Å²) in [6, 6.07) is 5.66. The summed E-state index contributed by atoms with van der Waals surface area (Å²) in [5.41, 5.74) is 1.26. The zero-order valence-electron chi connectivity index (χ0n) is 10.9. The van der Waals surface area contributed by atoms with E-state index in [1.807, 2.05) is 25.1 Å². The van der Waals surface area contributed by atoms with E-state index < -0.39 is 11.7 Å². The molecule has 1 heterocycles. The predicted molar refractivity (Wildman–Crippen MR) is 74.2 cm³/mol. The highest BCUT2D eigenvalue weighted by Gasteiger charge is 2.28. The Labute approximate surface area is 113 Å². The largest absolute Gasteiger partial charge is 0.390 e. The molecule has 1 atom stereocenters. The molecule has 0 amide bonds. The molecule has 3 nitrogen and oxygen atoms in total.